The van der Waals surface area contributed by atoms with Crippen LogP contribution in [0.3, 0.4) is 0 Å². The molecule has 2 aromatic heterocycles. The van der Waals surface area contributed by atoms with E-state index in [1.807, 2.05) is 12.1 Å². The number of hydrogen-bond donors (Lipinski definition) is 2. The summed E-state index contributed by atoms with van der Waals surface area (Å²) in [5, 5.41) is 15.0. The van der Waals surface area contributed by atoms with E-state index in [2.05, 4.69) is 35.2 Å². The van der Waals surface area contributed by atoms with Crippen molar-refractivity contribution in [1.29, 1.82) is 0 Å². The van der Waals surface area contributed by atoms with E-state index in [0.29, 0.717) is 16.6 Å². The quantitative estimate of drug-likeness (QED) is 0.269. The molecule has 2 heterocycles. The molecule has 0 bridgehead atoms. The van der Waals surface area contributed by atoms with E-state index in [1.54, 1.807) is 47.7 Å². The second-order valence-corrected chi connectivity index (χ2v) is 9.99. The molecule has 1 atom stereocenters. The third kappa shape index (κ3) is 5.74. The third-order valence-electron chi connectivity index (χ3n) is 6.20. The first kappa shape index (κ1) is 24.9. The summed E-state index contributed by atoms with van der Waals surface area (Å²) in [6.45, 7) is 4.34. The average Bonchev–Trinajstić information content (AvgIpc) is 3.48. The number of carboxylic acids is 1. The zero-order chi connectivity index (χ0) is 24.9. The molecule has 35 heavy (non-hydrogen) atoms. The molecular formula is C27H28ClN3O3S. The summed E-state index contributed by atoms with van der Waals surface area (Å²) in [6.07, 6.45) is 2.85. The van der Waals surface area contributed by atoms with Gasteiger partial charge in [0.25, 0.3) is 5.91 Å². The highest BCUT2D eigenvalue weighted by molar-refractivity contribution is 7.09. The number of thiophene rings is 1. The van der Waals surface area contributed by atoms with Crippen molar-refractivity contribution >= 4 is 45.8 Å². The Bertz CT molecular complexity index is 1310. The lowest BCUT2D eigenvalue weighted by atomic mass is 10.1. The van der Waals surface area contributed by atoms with Crippen LogP contribution < -0.4 is 5.32 Å². The van der Waals surface area contributed by atoms with Gasteiger partial charge in [0.15, 0.2) is 0 Å². The van der Waals surface area contributed by atoms with Gasteiger partial charge in [-0.05, 0) is 60.2 Å². The molecule has 4 aromatic rings. The van der Waals surface area contributed by atoms with Crippen LogP contribution in [0.4, 0.5) is 0 Å². The van der Waals surface area contributed by atoms with E-state index >= 15 is 0 Å². The van der Waals surface area contributed by atoms with Crippen LogP contribution in [0.1, 0.15) is 59.4 Å². The maximum absolute atomic E-state index is 13.0. The second-order valence-electron chi connectivity index (χ2n) is 8.52. The van der Waals surface area contributed by atoms with Crippen LogP contribution in [-0.2, 0) is 17.6 Å². The van der Waals surface area contributed by atoms with Gasteiger partial charge in [0, 0.05) is 34.3 Å². The van der Waals surface area contributed by atoms with E-state index < -0.39 is 17.9 Å². The molecule has 0 radical (unpaired) electrons. The van der Waals surface area contributed by atoms with E-state index in [0.717, 1.165) is 41.7 Å². The lowest BCUT2D eigenvalue weighted by Crippen LogP contribution is -2.42. The fraction of sp³-hybridized carbons (Fsp3) is 0.296. The highest BCUT2D eigenvalue weighted by Crippen LogP contribution is 2.28. The number of carboxylic acid groups (broad SMARTS) is 1. The van der Waals surface area contributed by atoms with E-state index in [9.17, 15) is 14.7 Å². The molecule has 2 aromatic carbocycles. The molecule has 182 valence electrons. The van der Waals surface area contributed by atoms with Crippen LogP contribution in [0, 0.1) is 0 Å². The van der Waals surface area contributed by atoms with E-state index in [-0.39, 0.29) is 6.42 Å². The summed E-state index contributed by atoms with van der Waals surface area (Å²) >= 11 is 7.62. The molecule has 0 aliphatic carbocycles. The van der Waals surface area contributed by atoms with Gasteiger partial charge in [0.05, 0.1) is 11.0 Å². The Kier molecular flexibility index (Phi) is 7.88. The number of aromatic nitrogens is 2. The largest absolute Gasteiger partial charge is 0.480 e. The topological polar surface area (TPSA) is 84.2 Å². The number of imidazole rings is 1. The molecule has 6 nitrogen and oxygen atoms in total. The smallest absolute Gasteiger partial charge is 0.326 e. The number of nitrogens with zero attached hydrogens (tertiary/aromatic N) is 2. The van der Waals surface area contributed by atoms with Gasteiger partial charge < -0.3 is 15.0 Å². The number of rotatable bonds is 10. The minimum Gasteiger partial charge on any atom is -0.480 e. The molecule has 0 saturated carbocycles. The number of hydrogen-bond acceptors (Lipinski definition) is 4. The van der Waals surface area contributed by atoms with Crippen molar-refractivity contribution in [2.45, 2.75) is 51.6 Å². The van der Waals surface area contributed by atoms with Crippen LogP contribution >= 0.6 is 22.9 Å². The Balaban J connectivity index is 1.61. The summed E-state index contributed by atoms with van der Waals surface area (Å²) in [7, 11) is 0. The molecular weight excluding hydrogens is 482 g/mol. The van der Waals surface area contributed by atoms with Crippen LogP contribution in [0.5, 0.6) is 0 Å². The van der Waals surface area contributed by atoms with Crippen molar-refractivity contribution in [2.75, 3.05) is 0 Å². The van der Waals surface area contributed by atoms with Gasteiger partial charge in [-0.1, -0.05) is 43.6 Å². The lowest BCUT2D eigenvalue weighted by Gasteiger charge is -2.19. The number of nitrogens with one attached hydrogen (secondary N) is 1. The van der Waals surface area contributed by atoms with E-state index in [1.165, 1.54) is 4.88 Å². The number of carbonyl (C=O) groups is 2. The van der Waals surface area contributed by atoms with Crippen molar-refractivity contribution in [3.8, 4) is 0 Å². The number of benzene rings is 2. The molecule has 0 aliphatic heterocycles. The summed E-state index contributed by atoms with van der Waals surface area (Å²) < 4.78 is 2.29. The van der Waals surface area contributed by atoms with Crippen LogP contribution in [0.15, 0.2) is 60.0 Å². The Hall–Kier alpha value is -3.16. The summed E-state index contributed by atoms with van der Waals surface area (Å²) in [5.41, 5.74) is 2.88. The van der Waals surface area contributed by atoms with Crippen molar-refractivity contribution in [3.05, 3.63) is 86.8 Å². The van der Waals surface area contributed by atoms with Gasteiger partial charge in [0.1, 0.15) is 11.9 Å². The predicted octanol–water partition coefficient (Wildman–Crippen LogP) is 6.13. The van der Waals surface area contributed by atoms with Crippen LogP contribution in [-0.4, -0.2) is 32.6 Å². The maximum atomic E-state index is 13.0. The molecule has 0 fully saturated rings. The van der Waals surface area contributed by atoms with Gasteiger partial charge in [-0.15, -0.1) is 11.3 Å². The molecule has 0 spiro atoms. The fourth-order valence-corrected chi connectivity index (χ4v) is 5.17. The molecule has 0 saturated heterocycles. The fourth-order valence-electron chi connectivity index (χ4n) is 4.34. The highest BCUT2D eigenvalue weighted by atomic mass is 35.5. The van der Waals surface area contributed by atoms with Gasteiger partial charge in [-0.2, -0.15) is 0 Å². The van der Waals surface area contributed by atoms with Gasteiger partial charge in [-0.3, -0.25) is 4.79 Å². The number of carbonyl (C=O) groups excluding carboxylic acids is 1. The molecule has 0 aliphatic rings. The monoisotopic (exact) mass is 509 g/mol. The number of halogens is 1. The summed E-state index contributed by atoms with van der Waals surface area (Å²) in [5.74, 6) is -0.560. The minimum atomic E-state index is -1.09. The molecule has 8 heteroatoms. The van der Waals surface area contributed by atoms with Crippen molar-refractivity contribution < 1.29 is 14.7 Å². The maximum Gasteiger partial charge on any atom is 0.326 e. The molecule has 4 rings (SSSR count). The summed E-state index contributed by atoms with van der Waals surface area (Å²) in [4.78, 5) is 31.0. The molecule has 1 amide bonds. The third-order valence-corrected chi connectivity index (χ3v) is 7.33. The molecule has 0 unspecified atom stereocenters. The first-order valence-corrected chi connectivity index (χ1v) is 13.0. The minimum absolute atomic E-state index is 0.161. The zero-order valence-electron chi connectivity index (χ0n) is 19.7. The first-order valence-electron chi connectivity index (χ1n) is 11.7. The van der Waals surface area contributed by atoms with Gasteiger partial charge in [0.2, 0.25) is 0 Å². The second kappa shape index (κ2) is 11.1. The average molecular weight is 510 g/mol. The lowest BCUT2D eigenvalue weighted by molar-refractivity contribution is -0.139. The SMILES string of the molecule is CCC(CC)n1c(Cc2cccs2)nc2cc(C(=O)N[C@@H](Cc3ccc(Cl)cc3)C(=O)O)ccc21. The van der Waals surface area contributed by atoms with Gasteiger partial charge in [-0.25, -0.2) is 9.78 Å². The van der Waals surface area contributed by atoms with Crippen LogP contribution in [0.25, 0.3) is 11.0 Å². The highest BCUT2D eigenvalue weighted by Gasteiger charge is 2.23. The Morgan fingerprint density at radius 3 is 2.49 bits per heavy atom. The van der Waals surface area contributed by atoms with Crippen molar-refractivity contribution in [3.63, 3.8) is 0 Å². The number of fused-ring (bicyclic) bond motifs is 1. The Labute approximate surface area is 213 Å². The normalized spacial score (nSPS) is 12.2. The predicted molar refractivity (Wildman–Crippen MR) is 141 cm³/mol. The van der Waals surface area contributed by atoms with Gasteiger partial charge >= 0.3 is 5.97 Å². The van der Waals surface area contributed by atoms with Crippen molar-refractivity contribution in [1.82, 2.24) is 14.9 Å². The van der Waals surface area contributed by atoms with Crippen molar-refractivity contribution in [2.24, 2.45) is 0 Å². The number of amides is 1. The first-order chi connectivity index (χ1) is 16.9. The van der Waals surface area contributed by atoms with Crippen LogP contribution in [0.2, 0.25) is 5.02 Å². The Morgan fingerprint density at radius 2 is 1.86 bits per heavy atom. The summed E-state index contributed by atoms with van der Waals surface area (Å²) in [6, 6.07) is 15.7. The zero-order valence-corrected chi connectivity index (χ0v) is 21.3. The number of aliphatic carboxylic acids is 1. The standard InChI is InChI=1S/C27H28ClN3O3S/c1-3-20(4-2)31-24-12-9-18(15-22(24)29-25(31)16-21-6-5-13-35-21)26(32)30-23(27(33)34)14-17-7-10-19(28)11-8-17/h5-13,15,20,23H,3-4,14,16H2,1-2H3,(H,30,32)(H,33,34)/t23-/m0/s1. The van der Waals surface area contributed by atoms with E-state index in [4.69, 9.17) is 16.6 Å². The Morgan fingerprint density at radius 1 is 1.11 bits per heavy atom. The molecule has 2 N–H and O–H groups in total.